The number of aryl methyl sites for hydroxylation is 1. The second-order valence-electron chi connectivity index (χ2n) is 2.59. The molecular formula is C9H10ClNO. The lowest BCUT2D eigenvalue weighted by atomic mass is 10.1. The predicted octanol–water partition coefficient (Wildman–Crippen LogP) is 1.79. The predicted molar refractivity (Wildman–Crippen MR) is 49.6 cm³/mol. The summed E-state index contributed by atoms with van der Waals surface area (Å²) in [5, 5.41) is 0.670. The molecule has 1 rings (SSSR count). The second-order valence-corrected chi connectivity index (χ2v) is 3.00. The van der Waals surface area contributed by atoms with Crippen LogP contribution in [0, 0.1) is 6.92 Å². The first-order valence-corrected chi connectivity index (χ1v) is 4.02. The summed E-state index contributed by atoms with van der Waals surface area (Å²) >= 11 is 5.79. The molecular weight excluding hydrogens is 174 g/mol. The van der Waals surface area contributed by atoms with Gasteiger partial charge < -0.3 is 5.73 Å². The number of halogens is 1. The number of nitrogens with two attached hydrogens (primary N) is 1. The Morgan fingerprint density at radius 1 is 1.58 bits per heavy atom. The topological polar surface area (TPSA) is 43.1 Å². The van der Waals surface area contributed by atoms with E-state index in [9.17, 15) is 4.79 Å². The average Bonchev–Trinajstić information content (AvgIpc) is 2.08. The molecule has 0 saturated heterocycles. The minimum Gasteiger partial charge on any atom is -0.324 e. The van der Waals surface area contributed by atoms with E-state index in [2.05, 4.69) is 0 Å². The van der Waals surface area contributed by atoms with Crippen LogP contribution in [0.5, 0.6) is 0 Å². The maximum absolute atomic E-state index is 11.1. The monoisotopic (exact) mass is 183 g/mol. The Morgan fingerprint density at radius 3 is 2.75 bits per heavy atom. The van der Waals surface area contributed by atoms with Crippen LogP contribution in [-0.2, 0) is 0 Å². The first kappa shape index (κ1) is 9.23. The molecule has 0 aliphatic carbocycles. The van der Waals surface area contributed by atoms with Crippen LogP contribution in [0.3, 0.4) is 0 Å². The Balaban J connectivity index is 3.05. The number of hydrogen-bond donors (Lipinski definition) is 1. The van der Waals surface area contributed by atoms with Gasteiger partial charge in [0.1, 0.15) is 0 Å². The minimum atomic E-state index is -0.0604. The Kier molecular flexibility index (Phi) is 2.84. The van der Waals surface area contributed by atoms with Crippen LogP contribution in [0.2, 0.25) is 5.02 Å². The lowest BCUT2D eigenvalue weighted by molar-refractivity contribution is 0.100. The number of carbonyl (C=O) groups excluding carboxylic acids is 1. The molecule has 0 aromatic heterocycles. The van der Waals surface area contributed by atoms with E-state index in [4.69, 9.17) is 17.3 Å². The van der Waals surface area contributed by atoms with Crippen molar-refractivity contribution < 1.29 is 4.79 Å². The summed E-state index contributed by atoms with van der Waals surface area (Å²) in [4.78, 5) is 11.1. The van der Waals surface area contributed by atoms with Crippen molar-refractivity contribution in [3.8, 4) is 0 Å². The first-order valence-electron chi connectivity index (χ1n) is 3.64. The van der Waals surface area contributed by atoms with E-state index >= 15 is 0 Å². The average molecular weight is 184 g/mol. The number of hydrogen-bond acceptors (Lipinski definition) is 2. The van der Waals surface area contributed by atoms with Gasteiger partial charge >= 0.3 is 0 Å². The van der Waals surface area contributed by atoms with Crippen LogP contribution in [0.15, 0.2) is 18.2 Å². The third-order valence-corrected chi connectivity index (χ3v) is 2.09. The van der Waals surface area contributed by atoms with E-state index < -0.39 is 0 Å². The van der Waals surface area contributed by atoms with Gasteiger partial charge in [-0.25, -0.2) is 0 Å². The van der Waals surface area contributed by atoms with Crippen LogP contribution >= 0.6 is 11.6 Å². The van der Waals surface area contributed by atoms with Gasteiger partial charge in [0, 0.05) is 10.6 Å². The van der Waals surface area contributed by atoms with E-state index in [0.717, 1.165) is 5.56 Å². The molecule has 0 atom stereocenters. The van der Waals surface area contributed by atoms with Gasteiger partial charge in [-0.3, -0.25) is 4.79 Å². The molecule has 12 heavy (non-hydrogen) atoms. The van der Waals surface area contributed by atoms with Gasteiger partial charge in [0.2, 0.25) is 0 Å². The fraction of sp³-hybridized carbons (Fsp3) is 0.222. The van der Waals surface area contributed by atoms with Crippen LogP contribution in [0.1, 0.15) is 15.9 Å². The lowest BCUT2D eigenvalue weighted by Crippen LogP contribution is -2.13. The van der Waals surface area contributed by atoms with Crippen molar-refractivity contribution >= 4 is 17.4 Å². The molecule has 0 heterocycles. The highest BCUT2D eigenvalue weighted by atomic mass is 35.5. The highest BCUT2D eigenvalue weighted by Gasteiger charge is 2.03. The lowest BCUT2D eigenvalue weighted by Gasteiger charge is -2.00. The third kappa shape index (κ3) is 1.84. The molecule has 0 spiro atoms. The van der Waals surface area contributed by atoms with Crippen molar-refractivity contribution in [3.63, 3.8) is 0 Å². The van der Waals surface area contributed by atoms with Crippen molar-refractivity contribution in [1.82, 2.24) is 0 Å². The van der Waals surface area contributed by atoms with E-state index in [-0.39, 0.29) is 12.3 Å². The molecule has 1 aromatic carbocycles. The summed E-state index contributed by atoms with van der Waals surface area (Å²) in [6.07, 6.45) is 0. The molecule has 0 saturated carbocycles. The molecule has 3 heteroatoms. The Bertz CT molecular complexity index is 309. The molecule has 0 aliphatic heterocycles. The van der Waals surface area contributed by atoms with E-state index in [1.165, 1.54) is 0 Å². The molecule has 0 aliphatic rings. The molecule has 64 valence electrons. The van der Waals surface area contributed by atoms with Gasteiger partial charge in [0.05, 0.1) is 6.54 Å². The van der Waals surface area contributed by atoms with Crippen LogP contribution in [0.25, 0.3) is 0 Å². The zero-order chi connectivity index (χ0) is 9.14. The summed E-state index contributed by atoms with van der Waals surface area (Å²) < 4.78 is 0. The molecule has 1 aromatic rings. The smallest absolute Gasteiger partial charge is 0.176 e. The van der Waals surface area contributed by atoms with Crippen molar-refractivity contribution in [3.05, 3.63) is 34.3 Å². The van der Waals surface area contributed by atoms with Crippen LogP contribution < -0.4 is 5.73 Å². The van der Waals surface area contributed by atoms with Gasteiger partial charge in [0.25, 0.3) is 0 Å². The van der Waals surface area contributed by atoms with Gasteiger partial charge in [-0.1, -0.05) is 11.6 Å². The maximum Gasteiger partial charge on any atom is 0.176 e. The normalized spacial score (nSPS) is 9.92. The molecule has 2 N–H and O–H groups in total. The van der Waals surface area contributed by atoms with Crippen molar-refractivity contribution in [1.29, 1.82) is 0 Å². The Morgan fingerprint density at radius 2 is 2.25 bits per heavy atom. The van der Waals surface area contributed by atoms with Gasteiger partial charge in [-0.05, 0) is 30.7 Å². The molecule has 0 unspecified atom stereocenters. The standard InChI is InChI=1S/C9H10ClNO/c1-6-4-7(9(12)5-11)2-3-8(6)10/h2-4H,5,11H2,1H3. The quantitative estimate of drug-likeness (QED) is 0.711. The van der Waals surface area contributed by atoms with E-state index in [1.807, 2.05) is 6.92 Å². The highest BCUT2D eigenvalue weighted by molar-refractivity contribution is 6.31. The number of benzene rings is 1. The maximum atomic E-state index is 11.1. The molecule has 0 radical (unpaired) electrons. The Hall–Kier alpha value is -0.860. The largest absolute Gasteiger partial charge is 0.324 e. The summed E-state index contributed by atoms with van der Waals surface area (Å²) in [6, 6.07) is 5.14. The molecule has 2 nitrogen and oxygen atoms in total. The Labute approximate surface area is 76.3 Å². The van der Waals surface area contributed by atoms with Crippen LogP contribution in [0.4, 0.5) is 0 Å². The SMILES string of the molecule is Cc1cc(C(=O)CN)ccc1Cl. The van der Waals surface area contributed by atoms with Crippen LogP contribution in [-0.4, -0.2) is 12.3 Å². The summed E-state index contributed by atoms with van der Waals surface area (Å²) in [7, 11) is 0. The molecule has 0 fully saturated rings. The van der Waals surface area contributed by atoms with E-state index in [0.29, 0.717) is 10.6 Å². The minimum absolute atomic E-state index is 0.0427. The van der Waals surface area contributed by atoms with E-state index in [1.54, 1.807) is 18.2 Å². The zero-order valence-corrected chi connectivity index (χ0v) is 7.56. The van der Waals surface area contributed by atoms with Gasteiger partial charge in [0.15, 0.2) is 5.78 Å². The fourth-order valence-electron chi connectivity index (χ4n) is 0.936. The van der Waals surface area contributed by atoms with Crippen molar-refractivity contribution in [2.75, 3.05) is 6.54 Å². The van der Waals surface area contributed by atoms with Gasteiger partial charge in [-0.2, -0.15) is 0 Å². The number of rotatable bonds is 2. The van der Waals surface area contributed by atoms with Crippen molar-refractivity contribution in [2.24, 2.45) is 5.73 Å². The number of Topliss-reactive ketones (excluding diaryl/α,β-unsaturated/α-hetero) is 1. The molecule has 0 amide bonds. The fourth-order valence-corrected chi connectivity index (χ4v) is 1.05. The summed E-state index contributed by atoms with van der Waals surface area (Å²) in [5.74, 6) is -0.0604. The zero-order valence-electron chi connectivity index (χ0n) is 6.80. The highest BCUT2D eigenvalue weighted by Crippen LogP contribution is 2.16. The second kappa shape index (κ2) is 3.70. The first-order chi connectivity index (χ1) is 5.65. The number of carbonyl (C=O) groups is 1. The molecule has 0 bridgehead atoms. The van der Waals surface area contributed by atoms with Crippen molar-refractivity contribution in [2.45, 2.75) is 6.92 Å². The summed E-state index contributed by atoms with van der Waals surface area (Å²) in [6.45, 7) is 1.90. The van der Waals surface area contributed by atoms with Gasteiger partial charge in [-0.15, -0.1) is 0 Å². The summed E-state index contributed by atoms with van der Waals surface area (Å²) in [5.41, 5.74) is 6.73. The third-order valence-electron chi connectivity index (χ3n) is 1.67. The number of ketones is 1.